The highest BCUT2D eigenvalue weighted by Crippen LogP contribution is 2.08. The summed E-state index contributed by atoms with van der Waals surface area (Å²) in [5, 5.41) is 11.8. The van der Waals surface area contributed by atoms with Crippen molar-refractivity contribution in [2.24, 2.45) is 0 Å². The Bertz CT molecular complexity index is 317. The summed E-state index contributed by atoms with van der Waals surface area (Å²) in [6.45, 7) is 4.07. The minimum absolute atomic E-state index is 0.119. The smallest absolute Gasteiger partial charge is 0.254 e. The summed E-state index contributed by atoms with van der Waals surface area (Å²) in [6.07, 6.45) is 2.67. The second kappa shape index (κ2) is 5.56. The molecule has 0 saturated heterocycles. The molecule has 84 valence electrons. The Morgan fingerprint density at radius 2 is 2.40 bits per heavy atom. The van der Waals surface area contributed by atoms with Crippen LogP contribution >= 0.6 is 0 Å². The third kappa shape index (κ3) is 3.75. The fourth-order valence-corrected chi connectivity index (χ4v) is 1.32. The van der Waals surface area contributed by atoms with Crippen molar-refractivity contribution in [3.05, 3.63) is 23.7 Å². The number of carbonyl (C=O) groups is 1. The minimum Gasteiger partial charge on any atom is -0.469 e. The van der Waals surface area contributed by atoms with Gasteiger partial charge in [0.2, 0.25) is 0 Å². The standard InChI is InChI=1S/C11H17NO3/c1-8(13)4-3-6-12-11(14)10-5-7-15-9(10)2/h5,7-8,13H,3-4,6H2,1-2H3,(H,12,14). The lowest BCUT2D eigenvalue weighted by atomic mass is 10.2. The maximum Gasteiger partial charge on any atom is 0.254 e. The van der Waals surface area contributed by atoms with Crippen molar-refractivity contribution in [1.82, 2.24) is 5.32 Å². The summed E-state index contributed by atoms with van der Waals surface area (Å²) < 4.78 is 5.03. The van der Waals surface area contributed by atoms with E-state index in [1.165, 1.54) is 6.26 Å². The van der Waals surface area contributed by atoms with Gasteiger partial charge in [0.1, 0.15) is 5.76 Å². The number of aliphatic hydroxyl groups is 1. The average molecular weight is 211 g/mol. The molecule has 1 heterocycles. The molecule has 1 aromatic rings. The molecule has 4 nitrogen and oxygen atoms in total. The fourth-order valence-electron chi connectivity index (χ4n) is 1.32. The van der Waals surface area contributed by atoms with Crippen LogP contribution in [0.3, 0.4) is 0 Å². The highest BCUT2D eigenvalue weighted by atomic mass is 16.3. The van der Waals surface area contributed by atoms with Crippen LogP contribution in [-0.2, 0) is 0 Å². The normalized spacial score (nSPS) is 12.5. The van der Waals surface area contributed by atoms with Crippen molar-refractivity contribution in [2.75, 3.05) is 6.54 Å². The number of hydrogen-bond donors (Lipinski definition) is 2. The number of aryl methyl sites for hydroxylation is 1. The molecule has 0 bridgehead atoms. The van der Waals surface area contributed by atoms with E-state index in [0.717, 1.165) is 6.42 Å². The summed E-state index contributed by atoms with van der Waals surface area (Å²) in [5.74, 6) is 0.509. The first-order valence-corrected chi connectivity index (χ1v) is 5.11. The van der Waals surface area contributed by atoms with Gasteiger partial charge in [0.05, 0.1) is 17.9 Å². The van der Waals surface area contributed by atoms with Gasteiger partial charge in [0, 0.05) is 6.54 Å². The van der Waals surface area contributed by atoms with Gasteiger partial charge in [-0.2, -0.15) is 0 Å². The molecule has 1 aromatic heterocycles. The predicted molar refractivity (Wildman–Crippen MR) is 56.7 cm³/mol. The molecule has 0 aliphatic heterocycles. The lowest BCUT2D eigenvalue weighted by molar-refractivity contribution is 0.0948. The topological polar surface area (TPSA) is 62.5 Å². The van der Waals surface area contributed by atoms with E-state index >= 15 is 0 Å². The van der Waals surface area contributed by atoms with Crippen molar-refractivity contribution in [3.8, 4) is 0 Å². The number of nitrogens with one attached hydrogen (secondary N) is 1. The number of furan rings is 1. The van der Waals surface area contributed by atoms with E-state index in [2.05, 4.69) is 5.32 Å². The fraction of sp³-hybridized carbons (Fsp3) is 0.545. The summed E-state index contributed by atoms with van der Waals surface area (Å²) in [7, 11) is 0. The third-order valence-electron chi connectivity index (χ3n) is 2.19. The van der Waals surface area contributed by atoms with Crippen LogP contribution in [0.15, 0.2) is 16.7 Å². The first-order valence-electron chi connectivity index (χ1n) is 5.11. The molecule has 0 saturated carbocycles. The van der Waals surface area contributed by atoms with Gasteiger partial charge in [-0.3, -0.25) is 4.79 Å². The highest BCUT2D eigenvalue weighted by Gasteiger charge is 2.10. The second-order valence-corrected chi connectivity index (χ2v) is 3.64. The van der Waals surface area contributed by atoms with Gasteiger partial charge in [0.25, 0.3) is 5.91 Å². The van der Waals surface area contributed by atoms with Crippen LogP contribution in [0.2, 0.25) is 0 Å². The summed E-state index contributed by atoms with van der Waals surface area (Å²) in [5.41, 5.74) is 0.576. The Morgan fingerprint density at radius 1 is 1.67 bits per heavy atom. The number of aliphatic hydroxyl groups excluding tert-OH is 1. The molecule has 15 heavy (non-hydrogen) atoms. The quantitative estimate of drug-likeness (QED) is 0.725. The van der Waals surface area contributed by atoms with Gasteiger partial charge in [-0.05, 0) is 32.8 Å². The van der Waals surface area contributed by atoms with Crippen LogP contribution in [0.25, 0.3) is 0 Å². The largest absolute Gasteiger partial charge is 0.469 e. The molecule has 4 heteroatoms. The Morgan fingerprint density at radius 3 is 2.93 bits per heavy atom. The molecule has 1 amide bonds. The van der Waals surface area contributed by atoms with E-state index in [4.69, 9.17) is 9.52 Å². The first kappa shape index (κ1) is 11.8. The number of rotatable bonds is 5. The molecule has 0 aliphatic rings. The molecule has 0 fully saturated rings. The van der Waals surface area contributed by atoms with Crippen LogP contribution in [0, 0.1) is 6.92 Å². The summed E-state index contributed by atoms with van der Waals surface area (Å²) >= 11 is 0. The molecule has 0 spiro atoms. The van der Waals surface area contributed by atoms with Crippen molar-refractivity contribution < 1.29 is 14.3 Å². The molecular weight excluding hydrogens is 194 g/mol. The Labute approximate surface area is 89.3 Å². The molecule has 1 rings (SSSR count). The van der Waals surface area contributed by atoms with E-state index in [-0.39, 0.29) is 12.0 Å². The van der Waals surface area contributed by atoms with Crippen molar-refractivity contribution >= 4 is 5.91 Å². The summed E-state index contributed by atoms with van der Waals surface area (Å²) in [6, 6.07) is 1.65. The Kier molecular flexibility index (Phi) is 4.37. The minimum atomic E-state index is -0.308. The van der Waals surface area contributed by atoms with Crippen LogP contribution in [0.4, 0.5) is 0 Å². The van der Waals surface area contributed by atoms with E-state index in [0.29, 0.717) is 24.3 Å². The highest BCUT2D eigenvalue weighted by molar-refractivity contribution is 5.94. The molecule has 0 radical (unpaired) electrons. The maximum absolute atomic E-state index is 11.5. The second-order valence-electron chi connectivity index (χ2n) is 3.64. The Hall–Kier alpha value is -1.29. The van der Waals surface area contributed by atoms with Gasteiger partial charge in [-0.1, -0.05) is 0 Å². The molecular formula is C11H17NO3. The Balaban J connectivity index is 2.28. The molecule has 2 N–H and O–H groups in total. The van der Waals surface area contributed by atoms with E-state index in [1.54, 1.807) is 19.9 Å². The van der Waals surface area contributed by atoms with Crippen LogP contribution in [0.5, 0.6) is 0 Å². The zero-order chi connectivity index (χ0) is 11.3. The third-order valence-corrected chi connectivity index (χ3v) is 2.19. The van der Waals surface area contributed by atoms with Crippen molar-refractivity contribution in [3.63, 3.8) is 0 Å². The van der Waals surface area contributed by atoms with Gasteiger partial charge in [-0.15, -0.1) is 0 Å². The molecule has 1 atom stereocenters. The van der Waals surface area contributed by atoms with Gasteiger partial charge in [0.15, 0.2) is 0 Å². The van der Waals surface area contributed by atoms with E-state index < -0.39 is 0 Å². The summed E-state index contributed by atoms with van der Waals surface area (Å²) in [4.78, 5) is 11.5. The van der Waals surface area contributed by atoms with E-state index in [9.17, 15) is 4.79 Å². The molecule has 1 unspecified atom stereocenters. The van der Waals surface area contributed by atoms with Gasteiger partial charge < -0.3 is 14.8 Å². The monoisotopic (exact) mass is 211 g/mol. The zero-order valence-electron chi connectivity index (χ0n) is 9.12. The number of hydrogen-bond acceptors (Lipinski definition) is 3. The number of amides is 1. The lowest BCUT2D eigenvalue weighted by Gasteiger charge is -2.05. The van der Waals surface area contributed by atoms with Crippen molar-refractivity contribution in [1.29, 1.82) is 0 Å². The first-order chi connectivity index (χ1) is 7.11. The SMILES string of the molecule is Cc1occc1C(=O)NCCCC(C)O. The molecule has 0 aliphatic carbocycles. The molecule has 0 aromatic carbocycles. The predicted octanol–water partition coefficient (Wildman–Crippen LogP) is 1.48. The van der Waals surface area contributed by atoms with Crippen molar-refractivity contribution in [2.45, 2.75) is 32.8 Å². The van der Waals surface area contributed by atoms with Crippen LogP contribution in [-0.4, -0.2) is 23.7 Å². The van der Waals surface area contributed by atoms with Crippen LogP contribution in [0.1, 0.15) is 35.9 Å². The van der Waals surface area contributed by atoms with Crippen LogP contribution < -0.4 is 5.32 Å². The van der Waals surface area contributed by atoms with E-state index in [1.807, 2.05) is 0 Å². The number of carbonyl (C=O) groups excluding carboxylic acids is 1. The average Bonchev–Trinajstić information content (AvgIpc) is 2.58. The maximum atomic E-state index is 11.5. The van der Waals surface area contributed by atoms with Gasteiger partial charge in [-0.25, -0.2) is 0 Å². The lowest BCUT2D eigenvalue weighted by Crippen LogP contribution is -2.25. The van der Waals surface area contributed by atoms with Gasteiger partial charge >= 0.3 is 0 Å². The zero-order valence-corrected chi connectivity index (χ0v) is 9.12.